The van der Waals surface area contributed by atoms with Crippen molar-refractivity contribution in [1.82, 2.24) is 0 Å². The lowest BCUT2D eigenvalue weighted by molar-refractivity contribution is 0.177. The van der Waals surface area contributed by atoms with Crippen LogP contribution >= 0.6 is 0 Å². The number of hydrogen-bond donors (Lipinski definition) is 2. The molecule has 0 saturated heterocycles. The summed E-state index contributed by atoms with van der Waals surface area (Å²) in [5, 5.41) is 17.3. The van der Waals surface area contributed by atoms with E-state index in [0.717, 1.165) is 0 Å². The quantitative estimate of drug-likeness (QED) is 0.467. The standard InChI is InChI=1S/C5H8O2/c6-4-1-2-5(7)3-4/h1,5-7H,2-3H2/t5-/m1/s1. The van der Waals surface area contributed by atoms with E-state index in [-0.39, 0.29) is 6.10 Å². The first-order valence-electron chi connectivity index (χ1n) is 2.35. The minimum absolute atomic E-state index is 0.319. The van der Waals surface area contributed by atoms with E-state index in [0.29, 0.717) is 18.6 Å². The summed E-state index contributed by atoms with van der Waals surface area (Å²) >= 11 is 0. The maximum atomic E-state index is 8.69. The van der Waals surface area contributed by atoms with Gasteiger partial charge in [0, 0.05) is 6.42 Å². The topological polar surface area (TPSA) is 40.5 Å². The van der Waals surface area contributed by atoms with Crippen LogP contribution in [0.3, 0.4) is 0 Å². The molecule has 0 unspecified atom stereocenters. The summed E-state index contributed by atoms with van der Waals surface area (Å²) in [6, 6.07) is 0. The molecule has 0 bridgehead atoms. The Morgan fingerprint density at radius 2 is 2.43 bits per heavy atom. The minimum Gasteiger partial charge on any atom is -0.513 e. The van der Waals surface area contributed by atoms with Gasteiger partial charge in [-0.1, -0.05) is 0 Å². The van der Waals surface area contributed by atoms with E-state index in [1.165, 1.54) is 0 Å². The maximum Gasteiger partial charge on any atom is 0.0909 e. The van der Waals surface area contributed by atoms with Gasteiger partial charge >= 0.3 is 0 Å². The van der Waals surface area contributed by atoms with Crippen molar-refractivity contribution in [2.24, 2.45) is 0 Å². The summed E-state index contributed by atoms with van der Waals surface area (Å²) in [5.74, 6) is 0.326. The first-order chi connectivity index (χ1) is 3.29. The molecule has 40 valence electrons. The second-order valence-corrected chi connectivity index (χ2v) is 1.79. The van der Waals surface area contributed by atoms with Crippen LogP contribution in [0.1, 0.15) is 12.8 Å². The van der Waals surface area contributed by atoms with Gasteiger partial charge in [0.1, 0.15) is 0 Å². The fourth-order valence-corrected chi connectivity index (χ4v) is 0.680. The van der Waals surface area contributed by atoms with E-state index >= 15 is 0 Å². The molecule has 7 heavy (non-hydrogen) atoms. The number of rotatable bonds is 0. The molecule has 1 atom stereocenters. The first-order valence-corrected chi connectivity index (χ1v) is 2.35. The Labute approximate surface area is 42.1 Å². The second kappa shape index (κ2) is 1.54. The van der Waals surface area contributed by atoms with Crippen LogP contribution in [-0.4, -0.2) is 16.3 Å². The molecular weight excluding hydrogens is 92.1 g/mol. The number of aliphatic hydroxyl groups excluding tert-OH is 2. The van der Waals surface area contributed by atoms with E-state index in [9.17, 15) is 0 Å². The van der Waals surface area contributed by atoms with E-state index in [2.05, 4.69) is 0 Å². The molecule has 2 nitrogen and oxygen atoms in total. The van der Waals surface area contributed by atoms with Gasteiger partial charge in [-0.2, -0.15) is 0 Å². The molecular formula is C5H8O2. The van der Waals surface area contributed by atoms with Crippen LogP contribution in [0.2, 0.25) is 0 Å². The second-order valence-electron chi connectivity index (χ2n) is 1.79. The Hall–Kier alpha value is -0.500. The third-order valence-corrected chi connectivity index (χ3v) is 1.07. The normalized spacial score (nSPS) is 30.4. The molecule has 0 radical (unpaired) electrons. The average molecular weight is 100 g/mol. The SMILES string of the molecule is OC1=CC[C@@H](O)C1. The highest BCUT2D eigenvalue weighted by Crippen LogP contribution is 2.14. The van der Waals surface area contributed by atoms with Crippen LogP contribution in [0.15, 0.2) is 11.8 Å². The fraction of sp³-hybridized carbons (Fsp3) is 0.600. The van der Waals surface area contributed by atoms with Crippen molar-refractivity contribution in [2.45, 2.75) is 18.9 Å². The highest BCUT2D eigenvalue weighted by molar-refractivity contribution is 5.01. The third-order valence-electron chi connectivity index (χ3n) is 1.07. The fourth-order valence-electron chi connectivity index (χ4n) is 0.680. The molecule has 0 heterocycles. The Bertz CT molecular complexity index is 96.3. The Kier molecular flexibility index (Phi) is 1.02. The van der Waals surface area contributed by atoms with E-state index in [1.54, 1.807) is 6.08 Å². The Morgan fingerprint density at radius 3 is 2.57 bits per heavy atom. The molecule has 0 saturated carbocycles. The summed E-state index contributed by atoms with van der Waals surface area (Å²) in [7, 11) is 0. The van der Waals surface area contributed by atoms with Crippen LogP contribution in [0, 0.1) is 0 Å². The van der Waals surface area contributed by atoms with Crippen molar-refractivity contribution in [2.75, 3.05) is 0 Å². The van der Waals surface area contributed by atoms with Gasteiger partial charge in [-0.3, -0.25) is 0 Å². The van der Waals surface area contributed by atoms with Crippen molar-refractivity contribution in [3.05, 3.63) is 11.8 Å². The lowest BCUT2D eigenvalue weighted by Gasteiger charge is -1.93. The zero-order valence-electron chi connectivity index (χ0n) is 3.96. The zero-order valence-corrected chi connectivity index (χ0v) is 3.96. The van der Waals surface area contributed by atoms with Crippen LogP contribution < -0.4 is 0 Å². The largest absolute Gasteiger partial charge is 0.513 e. The highest BCUT2D eigenvalue weighted by Gasteiger charge is 2.11. The van der Waals surface area contributed by atoms with Crippen LogP contribution in [0.25, 0.3) is 0 Å². The summed E-state index contributed by atoms with van der Waals surface area (Å²) in [6.45, 7) is 0. The zero-order chi connectivity index (χ0) is 5.28. The van der Waals surface area contributed by atoms with Gasteiger partial charge in [0.15, 0.2) is 0 Å². The summed E-state index contributed by atoms with van der Waals surface area (Å²) in [5.41, 5.74) is 0. The summed E-state index contributed by atoms with van der Waals surface area (Å²) in [6.07, 6.45) is 2.39. The van der Waals surface area contributed by atoms with Gasteiger partial charge in [-0.25, -0.2) is 0 Å². The molecule has 0 aliphatic heterocycles. The van der Waals surface area contributed by atoms with Crippen LogP contribution in [0.4, 0.5) is 0 Å². The third kappa shape index (κ3) is 0.933. The molecule has 2 heteroatoms. The van der Waals surface area contributed by atoms with Crippen molar-refractivity contribution in [3.8, 4) is 0 Å². The van der Waals surface area contributed by atoms with Gasteiger partial charge in [-0.05, 0) is 12.5 Å². The van der Waals surface area contributed by atoms with Crippen LogP contribution in [-0.2, 0) is 0 Å². The molecule has 0 fully saturated rings. The van der Waals surface area contributed by atoms with E-state index < -0.39 is 0 Å². The molecule has 0 aromatic heterocycles. The summed E-state index contributed by atoms with van der Waals surface area (Å²) < 4.78 is 0. The molecule has 1 rings (SSSR count). The molecule has 2 N–H and O–H groups in total. The molecule has 1 aliphatic carbocycles. The van der Waals surface area contributed by atoms with E-state index in [1.807, 2.05) is 0 Å². The lowest BCUT2D eigenvalue weighted by Crippen LogP contribution is -1.97. The van der Waals surface area contributed by atoms with Gasteiger partial charge in [-0.15, -0.1) is 0 Å². The molecule has 1 aliphatic rings. The summed E-state index contributed by atoms with van der Waals surface area (Å²) in [4.78, 5) is 0. The van der Waals surface area contributed by atoms with E-state index in [4.69, 9.17) is 10.2 Å². The molecule has 0 amide bonds. The average Bonchev–Trinajstić information content (AvgIpc) is 1.87. The minimum atomic E-state index is -0.319. The molecule has 0 spiro atoms. The smallest absolute Gasteiger partial charge is 0.0909 e. The molecule has 0 aromatic rings. The predicted molar refractivity (Wildman–Crippen MR) is 26.0 cm³/mol. The van der Waals surface area contributed by atoms with Gasteiger partial charge < -0.3 is 10.2 Å². The molecule has 0 aromatic carbocycles. The Morgan fingerprint density at radius 1 is 1.71 bits per heavy atom. The van der Waals surface area contributed by atoms with Crippen molar-refractivity contribution >= 4 is 0 Å². The number of aliphatic hydroxyl groups is 2. The van der Waals surface area contributed by atoms with Gasteiger partial charge in [0.2, 0.25) is 0 Å². The van der Waals surface area contributed by atoms with Crippen molar-refractivity contribution in [1.29, 1.82) is 0 Å². The van der Waals surface area contributed by atoms with Gasteiger partial charge in [0.25, 0.3) is 0 Å². The lowest BCUT2D eigenvalue weighted by atomic mass is 10.3. The number of hydrogen-bond acceptors (Lipinski definition) is 2. The van der Waals surface area contributed by atoms with Crippen molar-refractivity contribution < 1.29 is 10.2 Å². The Balaban J connectivity index is 2.42. The van der Waals surface area contributed by atoms with Gasteiger partial charge in [0.05, 0.1) is 11.9 Å². The highest BCUT2D eigenvalue weighted by atomic mass is 16.3. The maximum absolute atomic E-state index is 8.69. The predicted octanol–water partition coefficient (Wildman–Crippen LogP) is 0.583. The van der Waals surface area contributed by atoms with Crippen molar-refractivity contribution in [3.63, 3.8) is 0 Å². The monoisotopic (exact) mass is 100 g/mol. The van der Waals surface area contributed by atoms with Crippen LogP contribution in [0.5, 0.6) is 0 Å². The first kappa shape index (κ1) is 4.65.